The first-order valence-corrected chi connectivity index (χ1v) is 12.4. The molecule has 0 saturated carbocycles. The molecule has 0 spiro atoms. The minimum atomic E-state index is -0.712. The second-order valence-electron chi connectivity index (χ2n) is 9.06. The first kappa shape index (κ1) is 25.2. The number of aryl methyl sites for hydroxylation is 2. The number of aliphatic hydroxyl groups excluding tert-OH is 1. The summed E-state index contributed by atoms with van der Waals surface area (Å²) < 4.78 is 5.79. The Labute approximate surface area is 212 Å². The highest BCUT2D eigenvalue weighted by Crippen LogP contribution is 2.41. The SMILES string of the molecule is CCCCOc1ccc(C(O)=C2C(=O)C(=O)N(Cc3cccnc3)[C@@H]2c2ccc(CC)cc2)c(C)c1. The van der Waals surface area contributed by atoms with Gasteiger partial charge in [0.2, 0.25) is 0 Å². The molecule has 0 unspecified atom stereocenters. The largest absolute Gasteiger partial charge is 0.507 e. The van der Waals surface area contributed by atoms with Crippen molar-refractivity contribution in [3.63, 3.8) is 0 Å². The summed E-state index contributed by atoms with van der Waals surface area (Å²) in [6.07, 6.45) is 6.21. The van der Waals surface area contributed by atoms with Gasteiger partial charge in [-0.2, -0.15) is 0 Å². The van der Waals surface area contributed by atoms with Gasteiger partial charge in [-0.15, -0.1) is 0 Å². The quantitative estimate of drug-likeness (QED) is 0.181. The number of rotatable bonds is 9. The lowest BCUT2D eigenvalue weighted by atomic mass is 9.93. The van der Waals surface area contributed by atoms with Crippen LogP contribution in [-0.2, 0) is 22.6 Å². The molecule has 1 fully saturated rings. The van der Waals surface area contributed by atoms with Crippen molar-refractivity contribution in [2.45, 2.75) is 52.6 Å². The molecule has 4 rings (SSSR count). The van der Waals surface area contributed by atoms with E-state index in [-0.39, 0.29) is 17.9 Å². The number of aromatic nitrogens is 1. The molecular weight excluding hydrogens is 452 g/mol. The van der Waals surface area contributed by atoms with Crippen molar-refractivity contribution in [2.24, 2.45) is 0 Å². The molecule has 1 amide bonds. The van der Waals surface area contributed by atoms with Gasteiger partial charge in [0.15, 0.2) is 0 Å². The molecule has 0 aliphatic carbocycles. The van der Waals surface area contributed by atoms with E-state index in [9.17, 15) is 14.7 Å². The third-order valence-electron chi connectivity index (χ3n) is 6.54. The van der Waals surface area contributed by atoms with E-state index >= 15 is 0 Å². The van der Waals surface area contributed by atoms with E-state index in [2.05, 4.69) is 18.8 Å². The van der Waals surface area contributed by atoms with Gasteiger partial charge in [0.05, 0.1) is 18.2 Å². The Morgan fingerprint density at radius 2 is 1.83 bits per heavy atom. The van der Waals surface area contributed by atoms with Gasteiger partial charge in [0.25, 0.3) is 11.7 Å². The minimum Gasteiger partial charge on any atom is -0.507 e. The van der Waals surface area contributed by atoms with Gasteiger partial charge in [-0.25, -0.2) is 0 Å². The van der Waals surface area contributed by atoms with E-state index in [1.807, 2.05) is 43.3 Å². The third-order valence-corrected chi connectivity index (χ3v) is 6.54. The van der Waals surface area contributed by atoms with Gasteiger partial charge in [-0.05, 0) is 66.3 Å². The van der Waals surface area contributed by atoms with Crippen LogP contribution in [0.3, 0.4) is 0 Å². The van der Waals surface area contributed by atoms with Crippen molar-refractivity contribution in [1.82, 2.24) is 9.88 Å². The normalized spacial score (nSPS) is 17.0. The molecule has 0 bridgehead atoms. The number of hydrogen-bond donors (Lipinski definition) is 1. The molecule has 3 aromatic rings. The van der Waals surface area contributed by atoms with Crippen molar-refractivity contribution in [2.75, 3.05) is 6.61 Å². The summed E-state index contributed by atoms with van der Waals surface area (Å²) in [5.74, 6) is -0.795. The van der Waals surface area contributed by atoms with Crippen LogP contribution in [0.15, 0.2) is 72.6 Å². The summed E-state index contributed by atoms with van der Waals surface area (Å²) in [5.41, 5.74) is 4.09. The van der Waals surface area contributed by atoms with E-state index in [0.29, 0.717) is 17.9 Å². The van der Waals surface area contributed by atoms with E-state index in [1.54, 1.807) is 30.6 Å². The molecule has 1 saturated heterocycles. The van der Waals surface area contributed by atoms with Gasteiger partial charge < -0.3 is 14.7 Å². The number of Topliss-reactive ketones (excluding diaryl/α,β-unsaturated/α-hetero) is 1. The first-order valence-electron chi connectivity index (χ1n) is 12.4. The fraction of sp³-hybridized carbons (Fsp3) is 0.300. The Hall–Kier alpha value is -3.93. The van der Waals surface area contributed by atoms with Gasteiger partial charge in [0, 0.05) is 24.5 Å². The summed E-state index contributed by atoms with van der Waals surface area (Å²) in [7, 11) is 0. The lowest BCUT2D eigenvalue weighted by molar-refractivity contribution is -0.140. The molecule has 0 radical (unpaired) electrons. The topological polar surface area (TPSA) is 79.7 Å². The number of ketones is 1. The van der Waals surface area contributed by atoms with Gasteiger partial charge in [-0.1, -0.05) is 50.6 Å². The van der Waals surface area contributed by atoms with Crippen LogP contribution in [0.4, 0.5) is 0 Å². The summed E-state index contributed by atoms with van der Waals surface area (Å²) in [6, 6.07) is 16.2. The van der Waals surface area contributed by atoms with E-state index in [1.165, 1.54) is 4.90 Å². The molecule has 2 heterocycles. The molecule has 1 aromatic heterocycles. The maximum Gasteiger partial charge on any atom is 0.295 e. The molecule has 1 N–H and O–H groups in total. The Morgan fingerprint density at radius 1 is 1.06 bits per heavy atom. The summed E-state index contributed by atoms with van der Waals surface area (Å²) >= 11 is 0. The summed E-state index contributed by atoms with van der Waals surface area (Å²) in [4.78, 5) is 32.2. The Morgan fingerprint density at radius 3 is 2.47 bits per heavy atom. The molecule has 6 nitrogen and oxygen atoms in total. The lowest BCUT2D eigenvalue weighted by Gasteiger charge is -2.25. The van der Waals surface area contributed by atoms with Crippen LogP contribution in [-0.4, -0.2) is 33.3 Å². The molecule has 6 heteroatoms. The zero-order valence-electron chi connectivity index (χ0n) is 21.0. The second kappa shape index (κ2) is 11.2. The molecular formula is C30H32N2O4. The fourth-order valence-electron chi connectivity index (χ4n) is 4.48. The first-order chi connectivity index (χ1) is 17.4. The van der Waals surface area contributed by atoms with Crippen molar-refractivity contribution >= 4 is 17.4 Å². The standard InChI is InChI=1S/C30H32N2O4/c1-4-6-16-36-24-13-14-25(20(3)17-24)28(33)26-27(23-11-9-21(5-2)10-12-23)32(30(35)29(26)34)19-22-8-7-15-31-18-22/h7-15,17-18,27,33H,4-6,16,19H2,1-3H3/t27-/m1/s1. The minimum absolute atomic E-state index is 0.0934. The zero-order chi connectivity index (χ0) is 25.7. The smallest absolute Gasteiger partial charge is 0.295 e. The van der Waals surface area contributed by atoms with Crippen LogP contribution in [0.2, 0.25) is 0 Å². The van der Waals surface area contributed by atoms with E-state index in [0.717, 1.165) is 41.5 Å². The number of unbranched alkanes of at least 4 members (excludes halogenated alkanes) is 1. The summed E-state index contributed by atoms with van der Waals surface area (Å²) in [5, 5.41) is 11.4. The number of hydrogen-bond acceptors (Lipinski definition) is 5. The number of aliphatic hydroxyl groups is 1. The monoisotopic (exact) mass is 484 g/mol. The molecule has 2 aromatic carbocycles. The van der Waals surface area contributed by atoms with Gasteiger partial charge in [-0.3, -0.25) is 14.6 Å². The molecule has 36 heavy (non-hydrogen) atoms. The highest BCUT2D eigenvalue weighted by molar-refractivity contribution is 6.46. The summed E-state index contributed by atoms with van der Waals surface area (Å²) in [6.45, 7) is 6.86. The van der Waals surface area contributed by atoms with Gasteiger partial charge >= 0.3 is 0 Å². The number of carbonyl (C=O) groups is 2. The second-order valence-corrected chi connectivity index (χ2v) is 9.06. The predicted octanol–water partition coefficient (Wildman–Crippen LogP) is 5.75. The molecule has 1 aliphatic rings. The molecule has 1 aliphatic heterocycles. The maximum atomic E-state index is 13.3. The van der Waals surface area contributed by atoms with E-state index < -0.39 is 17.7 Å². The van der Waals surface area contributed by atoms with Crippen LogP contribution < -0.4 is 4.74 Å². The van der Waals surface area contributed by atoms with Crippen molar-refractivity contribution in [3.8, 4) is 5.75 Å². The van der Waals surface area contributed by atoms with Crippen molar-refractivity contribution in [3.05, 3.63) is 100 Å². The molecule has 186 valence electrons. The van der Waals surface area contributed by atoms with Crippen LogP contribution in [0, 0.1) is 6.92 Å². The number of likely N-dealkylation sites (tertiary alicyclic amines) is 1. The predicted molar refractivity (Wildman–Crippen MR) is 139 cm³/mol. The lowest BCUT2D eigenvalue weighted by Crippen LogP contribution is -2.29. The number of nitrogens with zero attached hydrogens (tertiary/aromatic N) is 2. The van der Waals surface area contributed by atoms with Gasteiger partial charge in [0.1, 0.15) is 11.5 Å². The van der Waals surface area contributed by atoms with Crippen LogP contribution >= 0.6 is 0 Å². The zero-order valence-corrected chi connectivity index (χ0v) is 21.0. The van der Waals surface area contributed by atoms with Crippen molar-refractivity contribution < 1.29 is 19.4 Å². The van der Waals surface area contributed by atoms with E-state index in [4.69, 9.17) is 4.74 Å². The number of pyridine rings is 1. The highest BCUT2D eigenvalue weighted by atomic mass is 16.5. The Balaban J connectivity index is 1.78. The Bertz CT molecular complexity index is 1270. The third kappa shape index (κ3) is 5.18. The number of ether oxygens (including phenoxy) is 1. The van der Waals surface area contributed by atoms with Crippen molar-refractivity contribution in [1.29, 1.82) is 0 Å². The average Bonchev–Trinajstić information content (AvgIpc) is 3.14. The number of carbonyl (C=O) groups excluding carboxylic acids is 2. The highest BCUT2D eigenvalue weighted by Gasteiger charge is 2.46. The molecule has 1 atom stereocenters. The average molecular weight is 485 g/mol. The number of benzene rings is 2. The van der Waals surface area contributed by atoms with Crippen LogP contribution in [0.1, 0.15) is 60.5 Å². The Kier molecular flexibility index (Phi) is 7.84. The number of amides is 1. The van der Waals surface area contributed by atoms with Crippen LogP contribution in [0.5, 0.6) is 5.75 Å². The maximum absolute atomic E-state index is 13.3. The van der Waals surface area contributed by atoms with Crippen LogP contribution in [0.25, 0.3) is 5.76 Å². The fourth-order valence-corrected chi connectivity index (χ4v) is 4.48.